The number of piperazine rings is 1. The highest BCUT2D eigenvalue weighted by Gasteiger charge is 2.46. The largest absolute Gasteiger partial charge is 0.480 e. The van der Waals surface area contributed by atoms with Crippen molar-refractivity contribution >= 4 is 38.6 Å². The molecule has 10 nitrogen and oxygen atoms in total. The summed E-state index contributed by atoms with van der Waals surface area (Å²) in [6.07, 6.45) is 5.49. The number of carboxylic acid groups (broad SMARTS) is 1. The molecule has 2 amide bonds. The van der Waals surface area contributed by atoms with Crippen LogP contribution < -0.4 is 5.32 Å². The van der Waals surface area contributed by atoms with Gasteiger partial charge < -0.3 is 15.3 Å². The molecule has 5 rings (SSSR count). The summed E-state index contributed by atoms with van der Waals surface area (Å²) in [6, 6.07) is 13.6. The fraction of sp³-hybridized carbons (Fsp3) is 0.259. The third-order valence-corrected chi connectivity index (χ3v) is 8.73. The second-order valence-electron chi connectivity index (χ2n) is 9.24. The van der Waals surface area contributed by atoms with Crippen LogP contribution in [-0.4, -0.2) is 76.7 Å². The first-order valence-electron chi connectivity index (χ1n) is 12.2. The zero-order chi connectivity index (χ0) is 26.9. The molecule has 0 aliphatic carbocycles. The first-order chi connectivity index (χ1) is 18.3. The molecule has 11 heteroatoms. The molecule has 1 aromatic heterocycles. The molecule has 0 saturated carbocycles. The number of amides is 2. The maximum Gasteiger partial charge on any atom is 0.327 e. The van der Waals surface area contributed by atoms with Gasteiger partial charge in [-0.2, -0.15) is 4.31 Å². The topological polar surface area (TPSA) is 137 Å². The average Bonchev–Trinajstić information content (AvgIpc) is 2.93. The normalized spacial score (nSPS) is 23.2. The second-order valence-corrected chi connectivity index (χ2v) is 11.2. The summed E-state index contributed by atoms with van der Waals surface area (Å²) in [5.74, 6) is -2.44. The van der Waals surface area contributed by atoms with Crippen LogP contribution in [0.25, 0.3) is 10.8 Å². The molecule has 0 unspecified atom stereocenters. The van der Waals surface area contributed by atoms with Crippen LogP contribution >= 0.6 is 0 Å². The van der Waals surface area contributed by atoms with Crippen LogP contribution in [0.3, 0.4) is 0 Å². The van der Waals surface area contributed by atoms with E-state index in [0.29, 0.717) is 5.39 Å². The van der Waals surface area contributed by atoms with Crippen molar-refractivity contribution in [2.75, 3.05) is 13.1 Å². The van der Waals surface area contributed by atoms with E-state index < -0.39 is 52.5 Å². The molecule has 2 aliphatic heterocycles. The van der Waals surface area contributed by atoms with Gasteiger partial charge in [0.15, 0.2) is 0 Å². The highest BCUT2D eigenvalue weighted by atomic mass is 32.2. The van der Waals surface area contributed by atoms with Gasteiger partial charge in [0.2, 0.25) is 15.9 Å². The Morgan fingerprint density at radius 3 is 2.42 bits per heavy atom. The number of nitrogens with one attached hydrogen (secondary N) is 1. The van der Waals surface area contributed by atoms with Gasteiger partial charge in [-0.1, -0.05) is 54.6 Å². The third kappa shape index (κ3) is 4.77. The number of carbonyl (C=O) groups is 3. The molecule has 0 bridgehead atoms. The molecule has 3 heterocycles. The van der Waals surface area contributed by atoms with Gasteiger partial charge in [0.25, 0.3) is 5.91 Å². The van der Waals surface area contributed by atoms with E-state index in [2.05, 4.69) is 10.3 Å². The fourth-order valence-electron chi connectivity index (χ4n) is 5.00. The number of hydrogen-bond donors (Lipinski definition) is 2. The van der Waals surface area contributed by atoms with E-state index in [9.17, 15) is 27.9 Å². The second kappa shape index (κ2) is 10.3. The van der Waals surface area contributed by atoms with Gasteiger partial charge in [-0.15, -0.1) is 0 Å². The quantitative estimate of drug-likeness (QED) is 0.478. The van der Waals surface area contributed by atoms with E-state index in [0.717, 1.165) is 9.69 Å². The molecule has 196 valence electrons. The van der Waals surface area contributed by atoms with Crippen molar-refractivity contribution in [3.63, 3.8) is 0 Å². The van der Waals surface area contributed by atoms with Crippen molar-refractivity contribution < 1.29 is 27.9 Å². The van der Waals surface area contributed by atoms with E-state index in [1.807, 2.05) is 12.1 Å². The lowest BCUT2D eigenvalue weighted by Crippen LogP contribution is -2.66. The monoisotopic (exact) mass is 534 g/mol. The SMILES string of the molecule is O=C(N[C@H]1C/C=C\C[C@H]2CN(S(=O)(=O)c3ccccc3)C[C@@H](C(=O)O)N2C1=O)c1nccc2ccccc12. The summed E-state index contributed by atoms with van der Waals surface area (Å²) in [7, 11) is -3.98. The number of aliphatic carboxylic acids is 1. The molecular weight excluding hydrogens is 508 g/mol. The molecule has 1 fully saturated rings. The number of nitrogens with zero attached hydrogens (tertiary/aromatic N) is 3. The first-order valence-corrected chi connectivity index (χ1v) is 13.6. The fourth-order valence-corrected chi connectivity index (χ4v) is 6.51. The zero-order valence-corrected chi connectivity index (χ0v) is 21.1. The van der Waals surface area contributed by atoms with Crippen LogP contribution in [0.2, 0.25) is 0 Å². The lowest BCUT2D eigenvalue weighted by Gasteiger charge is -2.46. The first kappa shape index (κ1) is 25.6. The van der Waals surface area contributed by atoms with Crippen molar-refractivity contribution in [3.05, 3.63) is 84.7 Å². The number of pyridine rings is 1. The van der Waals surface area contributed by atoms with Gasteiger partial charge in [0.05, 0.1) is 4.90 Å². The van der Waals surface area contributed by atoms with Gasteiger partial charge in [0.1, 0.15) is 17.8 Å². The number of rotatable bonds is 5. The minimum atomic E-state index is -3.98. The minimum Gasteiger partial charge on any atom is -0.480 e. The van der Waals surface area contributed by atoms with Crippen LogP contribution in [0.5, 0.6) is 0 Å². The van der Waals surface area contributed by atoms with Crippen molar-refractivity contribution in [3.8, 4) is 0 Å². The lowest BCUT2D eigenvalue weighted by atomic mass is 9.98. The molecule has 2 N–H and O–H groups in total. The lowest BCUT2D eigenvalue weighted by molar-refractivity contribution is -0.156. The van der Waals surface area contributed by atoms with E-state index in [1.54, 1.807) is 48.6 Å². The molecule has 38 heavy (non-hydrogen) atoms. The molecule has 0 radical (unpaired) electrons. The highest BCUT2D eigenvalue weighted by Crippen LogP contribution is 2.28. The van der Waals surface area contributed by atoms with Gasteiger partial charge in [-0.3, -0.25) is 14.6 Å². The maximum atomic E-state index is 13.7. The van der Waals surface area contributed by atoms with E-state index in [-0.39, 0.29) is 30.0 Å². The summed E-state index contributed by atoms with van der Waals surface area (Å²) in [6.45, 7) is -0.466. The molecular formula is C27H26N4O6S. The third-order valence-electron chi connectivity index (χ3n) is 6.88. The number of carbonyl (C=O) groups excluding carboxylic acids is 2. The van der Waals surface area contributed by atoms with Crippen molar-refractivity contribution in [2.24, 2.45) is 0 Å². The Hall–Kier alpha value is -4.09. The predicted octanol–water partition coefficient (Wildman–Crippen LogP) is 2.04. The van der Waals surface area contributed by atoms with Crippen molar-refractivity contribution in [2.45, 2.75) is 35.9 Å². The summed E-state index contributed by atoms with van der Waals surface area (Å²) in [5, 5.41) is 14.2. The van der Waals surface area contributed by atoms with Gasteiger partial charge in [-0.05, 0) is 36.4 Å². The number of hydrogen-bond acceptors (Lipinski definition) is 6. The summed E-state index contributed by atoms with van der Waals surface area (Å²) in [5.41, 5.74) is 0.159. The highest BCUT2D eigenvalue weighted by molar-refractivity contribution is 7.89. The van der Waals surface area contributed by atoms with Crippen LogP contribution in [0, 0.1) is 0 Å². The van der Waals surface area contributed by atoms with Crippen LogP contribution in [0.4, 0.5) is 0 Å². The Bertz CT molecular complexity index is 1520. The Balaban J connectivity index is 1.43. The summed E-state index contributed by atoms with van der Waals surface area (Å²) in [4.78, 5) is 44.8. The Kier molecular flexibility index (Phi) is 6.96. The van der Waals surface area contributed by atoms with Crippen LogP contribution in [0.15, 0.2) is 83.9 Å². The Morgan fingerprint density at radius 2 is 1.66 bits per heavy atom. The van der Waals surface area contributed by atoms with E-state index >= 15 is 0 Å². The minimum absolute atomic E-state index is 0.0537. The summed E-state index contributed by atoms with van der Waals surface area (Å²) >= 11 is 0. The predicted molar refractivity (Wildman–Crippen MR) is 139 cm³/mol. The summed E-state index contributed by atoms with van der Waals surface area (Å²) < 4.78 is 27.7. The van der Waals surface area contributed by atoms with Gasteiger partial charge >= 0.3 is 5.97 Å². The Morgan fingerprint density at radius 1 is 0.947 bits per heavy atom. The standard InChI is InChI=1S/C27H26N4O6S/c32-25(24-21-12-6-4-8-18(21)14-15-28-24)29-22-13-7-5-9-19-16-30(17-23(27(34)35)31(19)26(22)33)38(36,37)20-10-2-1-3-11-20/h1-8,10-12,14-15,19,22-23H,9,13,16-17H2,(H,29,32)(H,34,35)/b7-5-/t19-,22-,23-/m0/s1. The van der Waals surface area contributed by atoms with Gasteiger partial charge in [-0.25, -0.2) is 13.2 Å². The molecule has 3 atom stereocenters. The van der Waals surface area contributed by atoms with Gasteiger partial charge in [0, 0.05) is 30.7 Å². The number of aromatic nitrogens is 1. The van der Waals surface area contributed by atoms with E-state index in [1.165, 1.54) is 23.2 Å². The van der Waals surface area contributed by atoms with Crippen molar-refractivity contribution in [1.82, 2.24) is 19.5 Å². The number of carboxylic acids is 1. The van der Waals surface area contributed by atoms with E-state index in [4.69, 9.17) is 0 Å². The maximum absolute atomic E-state index is 13.7. The molecule has 0 spiro atoms. The smallest absolute Gasteiger partial charge is 0.327 e. The average molecular weight is 535 g/mol. The molecule has 3 aromatic rings. The zero-order valence-electron chi connectivity index (χ0n) is 20.3. The number of fused-ring (bicyclic) bond motifs is 2. The Labute approximate surface area is 219 Å². The molecule has 2 aliphatic rings. The number of benzene rings is 2. The molecule has 2 aromatic carbocycles. The van der Waals surface area contributed by atoms with Crippen LogP contribution in [-0.2, 0) is 19.6 Å². The van der Waals surface area contributed by atoms with Crippen molar-refractivity contribution in [1.29, 1.82) is 0 Å². The molecule has 1 saturated heterocycles. The number of sulfonamides is 1. The van der Waals surface area contributed by atoms with Crippen LogP contribution in [0.1, 0.15) is 23.3 Å².